The van der Waals surface area contributed by atoms with Gasteiger partial charge in [-0.1, -0.05) is 12.1 Å². The molecule has 1 saturated heterocycles. The van der Waals surface area contributed by atoms with Crippen LogP contribution in [-0.4, -0.2) is 61.7 Å². The lowest BCUT2D eigenvalue weighted by molar-refractivity contribution is 0.0950. The van der Waals surface area contributed by atoms with E-state index in [2.05, 4.69) is 20.9 Å². The molecule has 0 atom stereocenters. The number of carbonyl (C=O) groups excluding carboxylic acids is 2. The van der Waals surface area contributed by atoms with Gasteiger partial charge in [-0.05, 0) is 51.3 Å². The topological polar surface area (TPSA) is 95.1 Å². The van der Waals surface area contributed by atoms with E-state index in [-0.39, 0.29) is 42.0 Å². The third-order valence-electron chi connectivity index (χ3n) is 4.68. The van der Waals surface area contributed by atoms with E-state index in [1.165, 1.54) is 0 Å². The van der Waals surface area contributed by atoms with Crippen molar-refractivity contribution < 1.29 is 14.3 Å². The van der Waals surface area contributed by atoms with E-state index in [1.54, 1.807) is 4.90 Å². The molecule has 2 rings (SSSR count). The van der Waals surface area contributed by atoms with Crippen molar-refractivity contribution in [2.24, 2.45) is 4.99 Å². The van der Waals surface area contributed by atoms with Gasteiger partial charge in [-0.2, -0.15) is 0 Å². The van der Waals surface area contributed by atoms with Crippen LogP contribution in [0.5, 0.6) is 0 Å². The van der Waals surface area contributed by atoms with E-state index >= 15 is 0 Å². The molecule has 8 nitrogen and oxygen atoms in total. The van der Waals surface area contributed by atoms with E-state index in [1.807, 2.05) is 45.0 Å². The first-order valence-corrected chi connectivity index (χ1v) is 10.4. The van der Waals surface area contributed by atoms with Gasteiger partial charge >= 0.3 is 6.09 Å². The van der Waals surface area contributed by atoms with Crippen LogP contribution in [-0.2, 0) is 11.3 Å². The molecule has 0 aliphatic carbocycles. The molecular weight excluding hydrogens is 497 g/mol. The Kier molecular flexibility index (Phi) is 12.2. The lowest BCUT2D eigenvalue weighted by Gasteiger charge is -2.32. The van der Waals surface area contributed by atoms with Crippen LogP contribution < -0.4 is 16.0 Å². The van der Waals surface area contributed by atoms with Crippen LogP contribution in [0, 0.1) is 0 Å². The van der Waals surface area contributed by atoms with Crippen LogP contribution in [0.3, 0.4) is 0 Å². The lowest BCUT2D eigenvalue weighted by Crippen LogP contribution is -2.49. The molecule has 3 N–H and O–H groups in total. The van der Waals surface area contributed by atoms with Gasteiger partial charge in [-0.3, -0.25) is 4.79 Å². The average molecular weight is 531 g/mol. The van der Waals surface area contributed by atoms with Gasteiger partial charge in [0, 0.05) is 37.8 Å². The summed E-state index contributed by atoms with van der Waals surface area (Å²) in [4.78, 5) is 30.1. The van der Waals surface area contributed by atoms with Gasteiger partial charge in [-0.25, -0.2) is 9.79 Å². The van der Waals surface area contributed by atoms with E-state index < -0.39 is 0 Å². The number of guanidine groups is 1. The molecule has 2 amide bonds. The molecule has 1 fully saturated rings. The smallest absolute Gasteiger partial charge is 0.409 e. The molecule has 0 bridgehead atoms. The molecule has 9 heteroatoms. The SMILES string of the molecule is CCNC(=O)c1ccc(CN=C(NCC)NC2CCN(C(=O)OCC)CC2)cc1.I. The quantitative estimate of drug-likeness (QED) is 0.286. The number of piperidine rings is 1. The molecule has 0 radical (unpaired) electrons. The molecule has 0 spiro atoms. The fraction of sp³-hybridized carbons (Fsp3) is 0.571. The molecule has 0 unspecified atom stereocenters. The van der Waals surface area contributed by atoms with E-state index in [0.29, 0.717) is 38.3 Å². The monoisotopic (exact) mass is 531 g/mol. The molecule has 1 aromatic rings. The normalized spacial score (nSPS) is 14.5. The minimum Gasteiger partial charge on any atom is -0.450 e. The first-order chi connectivity index (χ1) is 14.1. The fourth-order valence-corrected chi connectivity index (χ4v) is 3.13. The molecule has 0 saturated carbocycles. The summed E-state index contributed by atoms with van der Waals surface area (Å²) in [6.07, 6.45) is 1.47. The largest absolute Gasteiger partial charge is 0.450 e. The Morgan fingerprint density at radius 3 is 2.27 bits per heavy atom. The van der Waals surface area contributed by atoms with Crippen molar-refractivity contribution in [3.05, 3.63) is 35.4 Å². The second kappa shape index (κ2) is 14.1. The summed E-state index contributed by atoms with van der Waals surface area (Å²) in [5, 5.41) is 9.52. The summed E-state index contributed by atoms with van der Waals surface area (Å²) >= 11 is 0. The summed E-state index contributed by atoms with van der Waals surface area (Å²) in [5.41, 5.74) is 1.69. The highest BCUT2D eigenvalue weighted by molar-refractivity contribution is 14.0. The molecule has 1 aromatic carbocycles. The average Bonchev–Trinajstić information content (AvgIpc) is 2.73. The first-order valence-electron chi connectivity index (χ1n) is 10.4. The van der Waals surface area contributed by atoms with Crippen LogP contribution in [0.25, 0.3) is 0 Å². The number of halogens is 1. The number of aliphatic imine (C=N–C) groups is 1. The second-order valence-corrected chi connectivity index (χ2v) is 6.86. The number of hydrogen-bond acceptors (Lipinski definition) is 4. The molecule has 0 aromatic heterocycles. The Labute approximate surface area is 196 Å². The van der Waals surface area contributed by atoms with Crippen molar-refractivity contribution in [2.45, 2.75) is 46.2 Å². The van der Waals surface area contributed by atoms with Gasteiger partial charge < -0.3 is 25.6 Å². The Morgan fingerprint density at radius 2 is 1.70 bits per heavy atom. The van der Waals surface area contributed by atoms with Gasteiger partial charge in [0.25, 0.3) is 5.91 Å². The van der Waals surface area contributed by atoms with Gasteiger partial charge in [0.05, 0.1) is 13.2 Å². The number of carbonyl (C=O) groups is 2. The minimum atomic E-state index is -0.234. The number of ether oxygens (including phenoxy) is 1. The van der Waals surface area contributed by atoms with E-state index in [9.17, 15) is 9.59 Å². The van der Waals surface area contributed by atoms with Crippen molar-refractivity contribution in [1.82, 2.24) is 20.9 Å². The van der Waals surface area contributed by atoms with Crippen LogP contribution in [0.2, 0.25) is 0 Å². The Bertz CT molecular complexity index is 688. The highest BCUT2D eigenvalue weighted by atomic mass is 127. The lowest BCUT2D eigenvalue weighted by atomic mass is 10.1. The highest BCUT2D eigenvalue weighted by Gasteiger charge is 2.24. The standard InChI is InChI=1S/C21H33N5O3.HI/c1-4-22-19(27)17-9-7-16(8-10-17)15-24-20(23-5-2)25-18-11-13-26(14-12-18)21(28)29-6-3;/h7-10,18H,4-6,11-15H2,1-3H3,(H,22,27)(H2,23,24,25);1H. The van der Waals surface area contributed by atoms with Crippen LogP contribution in [0.4, 0.5) is 4.79 Å². The first kappa shape index (κ1) is 26.0. The zero-order valence-electron chi connectivity index (χ0n) is 18.1. The summed E-state index contributed by atoms with van der Waals surface area (Å²) in [7, 11) is 0. The van der Waals surface area contributed by atoms with Gasteiger partial charge in [0.1, 0.15) is 0 Å². The summed E-state index contributed by atoms with van der Waals surface area (Å²) in [6.45, 7) is 9.40. The Balaban J connectivity index is 0.00000450. The van der Waals surface area contributed by atoms with Gasteiger partial charge in [0.2, 0.25) is 0 Å². The molecule has 168 valence electrons. The minimum absolute atomic E-state index is 0. The van der Waals surface area contributed by atoms with E-state index in [0.717, 1.165) is 30.9 Å². The van der Waals surface area contributed by atoms with Gasteiger partial charge in [0.15, 0.2) is 5.96 Å². The van der Waals surface area contributed by atoms with E-state index in [4.69, 9.17) is 4.74 Å². The fourth-order valence-electron chi connectivity index (χ4n) is 3.13. The van der Waals surface area contributed by atoms with Crippen molar-refractivity contribution in [2.75, 3.05) is 32.8 Å². The third-order valence-corrected chi connectivity index (χ3v) is 4.68. The molecule has 1 aliphatic heterocycles. The Hall–Kier alpha value is -2.04. The molecule has 1 heterocycles. The zero-order chi connectivity index (χ0) is 21.1. The van der Waals surface area contributed by atoms with Gasteiger partial charge in [-0.15, -0.1) is 24.0 Å². The summed E-state index contributed by atoms with van der Waals surface area (Å²) in [6, 6.07) is 7.76. The second-order valence-electron chi connectivity index (χ2n) is 6.86. The predicted octanol–water partition coefficient (Wildman–Crippen LogP) is 2.73. The molecule has 1 aliphatic rings. The van der Waals surface area contributed by atoms with Crippen LogP contribution in [0.15, 0.2) is 29.3 Å². The molecular formula is C21H34IN5O3. The number of nitrogens with one attached hydrogen (secondary N) is 3. The maximum atomic E-state index is 11.8. The van der Waals surface area contributed by atoms with Crippen molar-refractivity contribution >= 4 is 41.9 Å². The summed E-state index contributed by atoms with van der Waals surface area (Å²) in [5.74, 6) is 0.696. The van der Waals surface area contributed by atoms with Crippen LogP contribution in [0.1, 0.15) is 49.5 Å². The number of amides is 2. The number of hydrogen-bond donors (Lipinski definition) is 3. The number of nitrogens with zero attached hydrogens (tertiary/aromatic N) is 2. The van der Waals surface area contributed by atoms with Crippen molar-refractivity contribution in [3.63, 3.8) is 0 Å². The summed E-state index contributed by atoms with van der Waals surface area (Å²) < 4.78 is 5.07. The van der Waals surface area contributed by atoms with Crippen LogP contribution >= 0.6 is 24.0 Å². The number of likely N-dealkylation sites (tertiary alicyclic amines) is 1. The zero-order valence-corrected chi connectivity index (χ0v) is 20.4. The maximum Gasteiger partial charge on any atom is 0.409 e. The predicted molar refractivity (Wildman–Crippen MR) is 129 cm³/mol. The Morgan fingerprint density at radius 1 is 1.07 bits per heavy atom. The molecule has 30 heavy (non-hydrogen) atoms. The highest BCUT2D eigenvalue weighted by Crippen LogP contribution is 2.12. The maximum absolute atomic E-state index is 11.8. The van der Waals surface area contributed by atoms with Crippen molar-refractivity contribution in [1.29, 1.82) is 0 Å². The van der Waals surface area contributed by atoms with Crippen molar-refractivity contribution in [3.8, 4) is 0 Å². The number of rotatable bonds is 7. The third kappa shape index (κ3) is 8.37. The number of benzene rings is 1.